The van der Waals surface area contributed by atoms with E-state index in [-0.39, 0.29) is 12.0 Å². The van der Waals surface area contributed by atoms with Crippen LogP contribution in [-0.4, -0.2) is 34.0 Å². The van der Waals surface area contributed by atoms with Gasteiger partial charge in [0.2, 0.25) is 0 Å². The molecule has 0 radical (unpaired) electrons. The molecule has 0 spiro atoms. The molecule has 1 aromatic carbocycles. The normalized spacial score (nSPS) is 20.0. The smallest absolute Gasteiger partial charge is 0.269 e. The fourth-order valence-corrected chi connectivity index (χ4v) is 3.78. The first-order valence-corrected chi connectivity index (χ1v) is 9.37. The van der Waals surface area contributed by atoms with Crippen molar-refractivity contribution in [2.45, 2.75) is 50.7 Å². The number of nitrogens with zero attached hydrogens (tertiary/aromatic N) is 3. The molecule has 1 atom stereocenters. The summed E-state index contributed by atoms with van der Waals surface area (Å²) in [5.74, 6) is -0.0939. The molecule has 4 rings (SSSR count). The van der Waals surface area contributed by atoms with Crippen molar-refractivity contribution in [3.63, 3.8) is 0 Å². The van der Waals surface area contributed by atoms with E-state index in [2.05, 4.69) is 27.7 Å². The summed E-state index contributed by atoms with van der Waals surface area (Å²) in [6, 6.07) is 12.4. The number of hydrogen-bond acceptors (Lipinski definition) is 4. The summed E-state index contributed by atoms with van der Waals surface area (Å²) in [6.07, 6.45) is 7.96. The van der Waals surface area contributed by atoms with Crippen LogP contribution in [0.15, 0.2) is 47.8 Å². The number of hydrogen-bond donors (Lipinski definition) is 1. The highest BCUT2D eigenvalue weighted by molar-refractivity contribution is 5.96. The molecule has 1 aliphatic heterocycles. The van der Waals surface area contributed by atoms with Gasteiger partial charge in [0.15, 0.2) is 0 Å². The number of carbonyl (C=O) groups excluding carboxylic acids is 1. The first kappa shape index (κ1) is 16.8. The zero-order valence-corrected chi connectivity index (χ0v) is 14.8. The lowest BCUT2D eigenvalue weighted by molar-refractivity contribution is 0.0859. The van der Waals surface area contributed by atoms with E-state index in [1.165, 1.54) is 18.4 Å². The molecule has 1 aliphatic carbocycles. The third-order valence-electron chi connectivity index (χ3n) is 5.13. The van der Waals surface area contributed by atoms with Gasteiger partial charge in [0.1, 0.15) is 11.8 Å². The number of benzene rings is 1. The van der Waals surface area contributed by atoms with Crippen LogP contribution >= 0.6 is 0 Å². The van der Waals surface area contributed by atoms with Crippen molar-refractivity contribution in [1.82, 2.24) is 15.1 Å². The predicted octanol–water partition coefficient (Wildman–Crippen LogP) is 3.12. The molecule has 2 aromatic rings. The highest BCUT2D eigenvalue weighted by Gasteiger charge is 2.24. The second-order valence-corrected chi connectivity index (χ2v) is 7.06. The number of oxime groups is 1. The maximum Gasteiger partial charge on any atom is 0.269 e. The Morgan fingerprint density at radius 2 is 2.00 bits per heavy atom. The zero-order valence-electron chi connectivity index (χ0n) is 14.8. The van der Waals surface area contributed by atoms with Gasteiger partial charge in [-0.3, -0.25) is 9.48 Å². The number of aromatic nitrogens is 2. The summed E-state index contributed by atoms with van der Waals surface area (Å²) in [7, 11) is 0. The van der Waals surface area contributed by atoms with Gasteiger partial charge in [-0.2, -0.15) is 5.10 Å². The minimum Gasteiger partial charge on any atom is -0.392 e. The molecule has 2 heterocycles. The van der Waals surface area contributed by atoms with Crippen LogP contribution in [0.2, 0.25) is 0 Å². The third-order valence-corrected chi connectivity index (χ3v) is 5.13. The first-order chi connectivity index (χ1) is 12.8. The maximum absolute atomic E-state index is 12.5. The lowest BCUT2D eigenvalue weighted by Crippen LogP contribution is -2.31. The minimum absolute atomic E-state index is 0.0494. The van der Waals surface area contributed by atoms with Crippen LogP contribution in [0.3, 0.4) is 0 Å². The molecular weight excluding hydrogens is 328 g/mol. The van der Waals surface area contributed by atoms with E-state index in [1.807, 2.05) is 22.9 Å². The largest absolute Gasteiger partial charge is 0.392 e. The van der Waals surface area contributed by atoms with Gasteiger partial charge in [-0.05, 0) is 24.5 Å². The lowest BCUT2D eigenvalue weighted by atomic mass is 10.0. The van der Waals surface area contributed by atoms with Gasteiger partial charge in [-0.25, -0.2) is 0 Å². The van der Waals surface area contributed by atoms with Crippen LogP contribution in [0.5, 0.6) is 0 Å². The van der Waals surface area contributed by atoms with Gasteiger partial charge in [-0.1, -0.05) is 48.3 Å². The molecular formula is C20H24N4O2. The SMILES string of the molecule is O=C(NCC1=NOC(Cc2ccccc2)C1)c1ccnn1C1CCCC1. The van der Waals surface area contributed by atoms with E-state index in [1.54, 1.807) is 12.3 Å². The Labute approximate surface area is 153 Å². The van der Waals surface area contributed by atoms with E-state index >= 15 is 0 Å². The van der Waals surface area contributed by atoms with Crippen molar-refractivity contribution in [3.05, 3.63) is 53.9 Å². The van der Waals surface area contributed by atoms with E-state index in [4.69, 9.17) is 4.84 Å². The molecule has 2 aliphatic rings. The monoisotopic (exact) mass is 352 g/mol. The van der Waals surface area contributed by atoms with E-state index in [0.717, 1.165) is 31.4 Å². The van der Waals surface area contributed by atoms with Crippen LogP contribution < -0.4 is 5.32 Å². The molecule has 1 N–H and O–H groups in total. The third kappa shape index (κ3) is 3.79. The standard InChI is InChI=1S/C20H24N4O2/c25-20(19-10-11-22-24(19)17-8-4-5-9-17)21-14-16-13-18(26-23-16)12-15-6-2-1-3-7-15/h1-3,6-7,10-11,17-18H,4-5,8-9,12-14H2,(H,21,25). The molecule has 6 heteroatoms. The number of nitrogens with one attached hydrogen (secondary N) is 1. The molecule has 6 nitrogen and oxygen atoms in total. The van der Waals surface area contributed by atoms with Crippen LogP contribution in [0.4, 0.5) is 0 Å². The van der Waals surface area contributed by atoms with Crippen molar-refractivity contribution in [3.8, 4) is 0 Å². The number of rotatable bonds is 6. The number of amides is 1. The van der Waals surface area contributed by atoms with Crippen molar-refractivity contribution in [2.75, 3.05) is 6.54 Å². The fraction of sp³-hybridized carbons (Fsp3) is 0.450. The molecule has 0 bridgehead atoms. The van der Waals surface area contributed by atoms with Crippen molar-refractivity contribution >= 4 is 11.6 Å². The first-order valence-electron chi connectivity index (χ1n) is 9.37. The molecule has 1 saturated carbocycles. The van der Waals surface area contributed by atoms with Gasteiger partial charge in [0.25, 0.3) is 5.91 Å². The van der Waals surface area contributed by atoms with Gasteiger partial charge in [0, 0.05) is 19.0 Å². The highest BCUT2D eigenvalue weighted by atomic mass is 16.6. The number of carbonyl (C=O) groups is 1. The molecule has 1 fully saturated rings. The summed E-state index contributed by atoms with van der Waals surface area (Å²) in [4.78, 5) is 18.1. The Bertz CT molecular complexity index is 778. The Morgan fingerprint density at radius 1 is 1.19 bits per heavy atom. The Kier molecular flexibility index (Phi) is 5.00. The van der Waals surface area contributed by atoms with Gasteiger partial charge >= 0.3 is 0 Å². The van der Waals surface area contributed by atoms with Gasteiger partial charge in [-0.15, -0.1) is 0 Å². The zero-order chi connectivity index (χ0) is 17.8. The second kappa shape index (κ2) is 7.72. The van der Waals surface area contributed by atoms with Crippen LogP contribution in [0.25, 0.3) is 0 Å². The van der Waals surface area contributed by atoms with Crippen LogP contribution in [0.1, 0.15) is 54.2 Å². The topological polar surface area (TPSA) is 68.5 Å². The van der Waals surface area contributed by atoms with E-state index < -0.39 is 0 Å². The highest BCUT2D eigenvalue weighted by Crippen LogP contribution is 2.29. The summed E-state index contributed by atoms with van der Waals surface area (Å²) >= 11 is 0. The maximum atomic E-state index is 12.5. The Balaban J connectivity index is 1.28. The van der Waals surface area contributed by atoms with Crippen LogP contribution in [-0.2, 0) is 11.3 Å². The molecule has 0 saturated heterocycles. The molecule has 1 unspecified atom stereocenters. The second-order valence-electron chi connectivity index (χ2n) is 7.06. The molecule has 1 amide bonds. The summed E-state index contributed by atoms with van der Waals surface area (Å²) in [6.45, 7) is 0.417. The van der Waals surface area contributed by atoms with Crippen molar-refractivity contribution < 1.29 is 9.63 Å². The summed E-state index contributed by atoms with van der Waals surface area (Å²) in [5, 5.41) is 11.5. The Morgan fingerprint density at radius 3 is 2.81 bits per heavy atom. The summed E-state index contributed by atoms with van der Waals surface area (Å²) in [5.41, 5.74) is 2.75. The average molecular weight is 352 g/mol. The van der Waals surface area contributed by atoms with Crippen molar-refractivity contribution in [1.29, 1.82) is 0 Å². The summed E-state index contributed by atoms with van der Waals surface area (Å²) < 4.78 is 1.88. The Hall–Kier alpha value is -2.63. The van der Waals surface area contributed by atoms with Gasteiger partial charge in [0.05, 0.1) is 18.3 Å². The predicted molar refractivity (Wildman–Crippen MR) is 99.1 cm³/mol. The van der Waals surface area contributed by atoms with E-state index in [0.29, 0.717) is 18.3 Å². The van der Waals surface area contributed by atoms with E-state index in [9.17, 15) is 4.79 Å². The minimum atomic E-state index is -0.0939. The average Bonchev–Trinajstić information content (AvgIpc) is 3.41. The molecule has 26 heavy (non-hydrogen) atoms. The van der Waals surface area contributed by atoms with Crippen LogP contribution in [0, 0.1) is 0 Å². The lowest BCUT2D eigenvalue weighted by Gasteiger charge is -2.13. The van der Waals surface area contributed by atoms with Gasteiger partial charge < -0.3 is 10.2 Å². The molecule has 136 valence electrons. The molecule has 1 aromatic heterocycles. The fourth-order valence-electron chi connectivity index (χ4n) is 3.78. The quantitative estimate of drug-likeness (QED) is 0.868. The van der Waals surface area contributed by atoms with Crippen molar-refractivity contribution in [2.24, 2.45) is 5.16 Å².